The summed E-state index contributed by atoms with van der Waals surface area (Å²) in [7, 11) is -0.127. The van der Waals surface area contributed by atoms with Gasteiger partial charge < -0.3 is 4.74 Å². The smallest absolute Gasteiger partial charge is 0.331 e. The molecule has 6 heteroatoms. The average Bonchev–Trinajstić information content (AvgIpc) is 2.24. The number of hydrogen-bond donors (Lipinski definition) is 0. The monoisotopic (exact) mass is 250 g/mol. The molecule has 0 atom stereocenters. The first-order valence-electron chi connectivity index (χ1n) is 5.06. The zero-order valence-electron chi connectivity index (χ0n) is 10.3. The highest BCUT2D eigenvalue weighted by Gasteiger charge is 2.16. The first kappa shape index (κ1) is 13.2. The largest absolute Gasteiger partial charge is 0.476 e. The van der Waals surface area contributed by atoms with Gasteiger partial charge in [0.15, 0.2) is 0 Å². The lowest BCUT2D eigenvalue weighted by molar-refractivity contribution is -0.386. The minimum absolute atomic E-state index is 0.00243. The normalized spacial score (nSPS) is 10.4. The summed E-state index contributed by atoms with van der Waals surface area (Å²) in [4.78, 5) is 14.1. The number of rotatable bonds is 2. The first-order valence-corrected chi connectivity index (χ1v) is 8.56. The Bertz CT molecular complexity index is 498. The highest BCUT2D eigenvalue weighted by molar-refractivity contribution is 6.83. The van der Waals surface area contributed by atoms with Crippen molar-refractivity contribution < 1.29 is 9.66 Å². The Morgan fingerprint density at radius 3 is 2.53 bits per heavy atom. The van der Waals surface area contributed by atoms with Crippen LogP contribution in [-0.2, 0) is 0 Å². The van der Waals surface area contributed by atoms with Crippen molar-refractivity contribution in [2.75, 3.05) is 7.11 Å². The minimum atomic E-state index is -1.48. The van der Waals surface area contributed by atoms with Crippen LogP contribution in [0.3, 0.4) is 0 Å². The summed E-state index contributed by atoms with van der Waals surface area (Å²) in [6.07, 6.45) is 0. The van der Waals surface area contributed by atoms with Crippen molar-refractivity contribution in [1.82, 2.24) is 4.98 Å². The molecule has 0 amide bonds. The maximum Gasteiger partial charge on any atom is 0.331 e. The highest BCUT2D eigenvalue weighted by atomic mass is 28.3. The molecular weight excluding hydrogens is 236 g/mol. The topological polar surface area (TPSA) is 65.3 Å². The number of pyridine rings is 1. The predicted molar refractivity (Wildman–Crippen MR) is 67.7 cm³/mol. The fraction of sp³-hybridized carbons (Fsp3) is 0.364. The fourth-order valence-corrected chi connectivity index (χ4v) is 1.55. The zero-order valence-corrected chi connectivity index (χ0v) is 11.3. The van der Waals surface area contributed by atoms with Crippen LogP contribution in [0.25, 0.3) is 0 Å². The van der Waals surface area contributed by atoms with Crippen LogP contribution in [0.2, 0.25) is 19.6 Å². The Labute approximate surface area is 101 Å². The minimum Gasteiger partial charge on any atom is -0.476 e. The number of methoxy groups -OCH3 is 1. The van der Waals surface area contributed by atoms with Crippen LogP contribution in [0, 0.1) is 21.6 Å². The third-order valence-corrected chi connectivity index (χ3v) is 2.67. The van der Waals surface area contributed by atoms with Crippen LogP contribution in [-0.4, -0.2) is 25.1 Å². The van der Waals surface area contributed by atoms with Crippen LogP contribution in [0.5, 0.6) is 5.88 Å². The molecule has 0 fully saturated rings. The van der Waals surface area contributed by atoms with Crippen molar-refractivity contribution >= 4 is 13.8 Å². The molecule has 0 radical (unpaired) electrons. The van der Waals surface area contributed by atoms with Crippen molar-refractivity contribution in [2.24, 2.45) is 0 Å². The first-order chi connectivity index (χ1) is 7.83. The van der Waals surface area contributed by atoms with E-state index in [4.69, 9.17) is 4.74 Å². The molecule has 0 aliphatic carbocycles. The SMILES string of the molecule is COc1nc(C#C[Si](C)(C)C)ccc1[N+](=O)[O-]. The Kier molecular flexibility index (Phi) is 3.86. The van der Waals surface area contributed by atoms with E-state index in [1.54, 1.807) is 0 Å². The molecule has 0 N–H and O–H groups in total. The fourth-order valence-electron chi connectivity index (χ4n) is 1.04. The lowest BCUT2D eigenvalue weighted by Crippen LogP contribution is -2.16. The molecule has 1 aromatic heterocycles. The van der Waals surface area contributed by atoms with Crippen molar-refractivity contribution in [1.29, 1.82) is 0 Å². The third-order valence-electron chi connectivity index (χ3n) is 1.80. The molecule has 1 rings (SSSR count). The molecule has 1 heterocycles. The second-order valence-electron chi connectivity index (χ2n) is 4.48. The third kappa shape index (κ3) is 3.88. The molecule has 0 aliphatic heterocycles. The van der Waals surface area contributed by atoms with Gasteiger partial charge in [0.2, 0.25) is 0 Å². The van der Waals surface area contributed by atoms with Gasteiger partial charge in [0.25, 0.3) is 5.88 Å². The lowest BCUT2D eigenvalue weighted by Gasteiger charge is -2.04. The van der Waals surface area contributed by atoms with E-state index >= 15 is 0 Å². The van der Waals surface area contributed by atoms with Gasteiger partial charge in [-0.3, -0.25) is 10.1 Å². The summed E-state index contributed by atoms with van der Waals surface area (Å²) in [5, 5.41) is 10.7. The van der Waals surface area contributed by atoms with Gasteiger partial charge in [-0.05, 0) is 6.07 Å². The molecule has 5 nitrogen and oxygen atoms in total. The van der Waals surface area contributed by atoms with Crippen molar-refractivity contribution in [3.05, 3.63) is 27.9 Å². The quantitative estimate of drug-likeness (QED) is 0.349. The summed E-state index contributed by atoms with van der Waals surface area (Å²) in [6, 6.07) is 2.90. The van der Waals surface area contributed by atoms with E-state index in [1.165, 1.54) is 19.2 Å². The van der Waals surface area contributed by atoms with Gasteiger partial charge in [-0.1, -0.05) is 25.6 Å². The van der Waals surface area contributed by atoms with Gasteiger partial charge in [0.1, 0.15) is 13.8 Å². The maximum atomic E-state index is 10.7. The number of nitro groups is 1. The van der Waals surface area contributed by atoms with Crippen molar-refractivity contribution in [3.8, 4) is 17.3 Å². The summed E-state index contributed by atoms with van der Waals surface area (Å²) < 4.78 is 4.87. The molecule has 1 aromatic rings. The Balaban J connectivity index is 3.13. The standard InChI is InChI=1S/C11H14N2O3Si/c1-16-11-10(13(14)15)6-5-9(12-11)7-8-17(2,3)4/h5-6H,1-4H3. The van der Waals surface area contributed by atoms with E-state index in [9.17, 15) is 10.1 Å². The molecule has 0 aromatic carbocycles. The number of aromatic nitrogens is 1. The van der Waals surface area contributed by atoms with Gasteiger partial charge in [-0.25, -0.2) is 0 Å². The second kappa shape index (κ2) is 4.97. The molecule has 90 valence electrons. The summed E-state index contributed by atoms with van der Waals surface area (Å²) in [6.45, 7) is 6.34. The Hall–Kier alpha value is -1.87. The maximum absolute atomic E-state index is 10.7. The predicted octanol–water partition coefficient (Wildman–Crippen LogP) is 2.23. The van der Waals surface area contributed by atoms with Crippen LogP contribution in [0.4, 0.5) is 5.69 Å². The highest BCUT2D eigenvalue weighted by Crippen LogP contribution is 2.23. The number of hydrogen-bond acceptors (Lipinski definition) is 4. The van der Waals surface area contributed by atoms with Crippen molar-refractivity contribution in [3.63, 3.8) is 0 Å². The summed E-state index contributed by atoms with van der Waals surface area (Å²) in [5.74, 6) is 2.92. The van der Waals surface area contributed by atoms with Gasteiger partial charge >= 0.3 is 5.69 Å². The average molecular weight is 250 g/mol. The van der Waals surface area contributed by atoms with Crippen molar-refractivity contribution in [2.45, 2.75) is 19.6 Å². The molecule has 0 bridgehead atoms. The molecule has 17 heavy (non-hydrogen) atoms. The van der Waals surface area contributed by atoms with E-state index in [-0.39, 0.29) is 11.6 Å². The van der Waals surface area contributed by atoms with Gasteiger partial charge in [-0.2, -0.15) is 4.98 Å². The Morgan fingerprint density at radius 1 is 1.41 bits per heavy atom. The second-order valence-corrected chi connectivity index (χ2v) is 9.23. The summed E-state index contributed by atoms with van der Waals surface area (Å²) >= 11 is 0. The number of nitrogens with zero attached hydrogens (tertiary/aromatic N) is 2. The van der Waals surface area contributed by atoms with Gasteiger partial charge in [0, 0.05) is 6.07 Å². The van der Waals surface area contributed by atoms with Gasteiger partial charge in [-0.15, -0.1) is 5.54 Å². The van der Waals surface area contributed by atoms with Gasteiger partial charge in [0.05, 0.1) is 12.0 Å². The lowest BCUT2D eigenvalue weighted by atomic mass is 10.3. The van der Waals surface area contributed by atoms with E-state index in [2.05, 4.69) is 36.1 Å². The zero-order chi connectivity index (χ0) is 13.1. The molecular formula is C11H14N2O3Si. The molecule has 0 unspecified atom stereocenters. The number of ether oxygens (including phenoxy) is 1. The van der Waals surface area contributed by atoms with Crippen LogP contribution in [0.1, 0.15) is 5.69 Å². The molecule has 0 aliphatic rings. The molecule has 0 spiro atoms. The van der Waals surface area contributed by atoms with Crippen LogP contribution < -0.4 is 4.74 Å². The van der Waals surface area contributed by atoms with Crippen LogP contribution >= 0.6 is 0 Å². The Morgan fingerprint density at radius 2 is 2.06 bits per heavy atom. The van der Waals surface area contributed by atoms with Crippen LogP contribution in [0.15, 0.2) is 12.1 Å². The van der Waals surface area contributed by atoms with E-state index in [0.717, 1.165) is 0 Å². The van der Waals surface area contributed by atoms with E-state index in [0.29, 0.717) is 5.69 Å². The summed E-state index contributed by atoms with van der Waals surface area (Å²) in [5.41, 5.74) is 3.49. The molecule has 0 saturated heterocycles. The van der Waals surface area contributed by atoms with E-state index < -0.39 is 13.0 Å². The van der Waals surface area contributed by atoms with E-state index in [1.807, 2.05) is 0 Å². The molecule has 0 saturated carbocycles.